The Morgan fingerprint density at radius 2 is 1.65 bits per heavy atom. The molecule has 4 N–H and O–H groups in total. The summed E-state index contributed by atoms with van der Waals surface area (Å²) in [5, 5.41) is 27.4. The molecule has 0 unspecified atom stereocenters. The lowest BCUT2D eigenvalue weighted by Gasteiger charge is -2.33. The average Bonchev–Trinajstić information content (AvgIpc) is 3.02. The largest absolute Gasteiger partial charge is 0.401 e. The van der Waals surface area contributed by atoms with Gasteiger partial charge in [-0.3, -0.25) is 14.5 Å². The Balaban J connectivity index is 2.25. The van der Waals surface area contributed by atoms with E-state index in [1.807, 2.05) is 13.8 Å². The molecule has 0 heterocycles. The molecule has 0 radical (unpaired) electrons. The first kappa shape index (κ1) is 42.5. The van der Waals surface area contributed by atoms with Crippen molar-refractivity contribution >= 4 is 21.8 Å². The maximum atomic E-state index is 13.8. The van der Waals surface area contributed by atoms with Crippen molar-refractivity contribution in [3.63, 3.8) is 0 Å². The van der Waals surface area contributed by atoms with Crippen molar-refractivity contribution in [2.75, 3.05) is 39.5 Å². The molecular formula is C35H55F3N4O6S. The number of sulfonamides is 1. The first-order chi connectivity index (χ1) is 22.9. The summed E-state index contributed by atoms with van der Waals surface area (Å²) in [6, 6.07) is 6.65. The topological polar surface area (TPSA) is 139 Å². The molecule has 14 heteroatoms. The number of alkyl halides is 3. The summed E-state index contributed by atoms with van der Waals surface area (Å²) < 4.78 is 66.0. The van der Waals surface area contributed by atoms with E-state index in [2.05, 4.69) is 16.6 Å². The number of hydrogen-bond acceptors (Lipinski definition) is 7. The van der Waals surface area contributed by atoms with Crippen LogP contribution in [0.25, 0.3) is 0 Å². The molecule has 5 atom stereocenters. The summed E-state index contributed by atoms with van der Waals surface area (Å²) in [4.78, 5) is 28.4. The molecule has 278 valence electrons. The van der Waals surface area contributed by atoms with Gasteiger partial charge in [0.15, 0.2) is 0 Å². The van der Waals surface area contributed by atoms with Crippen molar-refractivity contribution in [2.45, 2.75) is 102 Å². The second kappa shape index (κ2) is 20.2. The molecule has 1 aromatic rings. The van der Waals surface area contributed by atoms with Crippen molar-refractivity contribution in [3.05, 3.63) is 35.9 Å². The molecule has 0 spiro atoms. The van der Waals surface area contributed by atoms with E-state index in [1.165, 1.54) is 14.1 Å². The van der Waals surface area contributed by atoms with Crippen LogP contribution in [0.2, 0.25) is 0 Å². The number of carbonyl (C=O) groups is 2. The second-order valence-corrected chi connectivity index (χ2v) is 16.0. The van der Waals surface area contributed by atoms with Crippen molar-refractivity contribution in [3.8, 4) is 12.3 Å². The zero-order valence-corrected chi connectivity index (χ0v) is 30.0. The van der Waals surface area contributed by atoms with E-state index < -0.39 is 70.5 Å². The van der Waals surface area contributed by atoms with E-state index in [0.29, 0.717) is 18.4 Å². The standard InChI is InChI=1S/C35H55F3N4O6S/c1-6-13-29(34(46)40-30(22-27-16-11-8-12-17-27)32(44)31(43)20-25(2)3)39-33(45)28(21-26-14-9-7-10-15-26)23-49(47,48)42(5)19-18-41(4)24-35(36,37)38/h1,7,9-10,14-15,25,27-32,43-44H,8,11-13,16-24H2,2-5H3,(H,39,45)(H,40,46)/t28-,29+,30+,31+,32-/m1/s1. The van der Waals surface area contributed by atoms with E-state index in [1.54, 1.807) is 30.3 Å². The van der Waals surface area contributed by atoms with Crippen LogP contribution in [0.1, 0.15) is 70.8 Å². The highest BCUT2D eigenvalue weighted by Gasteiger charge is 2.35. The number of hydrogen-bond donors (Lipinski definition) is 4. The Kier molecular flexibility index (Phi) is 17.5. The van der Waals surface area contributed by atoms with Crippen LogP contribution in [-0.4, -0.2) is 110 Å². The smallest absolute Gasteiger partial charge is 0.390 e. The summed E-state index contributed by atoms with van der Waals surface area (Å²) in [7, 11) is -1.66. The van der Waals surface area contributed by atoms with E-state index in [0.717, 1.165) is 41.3 Å². The third kappa shape index (κ3) is 15.8. The molecule has 1 aliphatic carbocycles. The normalized spacial score (nSPS) is 17.7. The minimum atomic E-state index is -4.44. The van der Waals surface area contributed by atoms with Crippen molar-refractivity contribution in [2.24, 2.45) is 17.8 Å². The summed E-state index contributed by atoms with van der Waals surface area (Å²) in [6.45, 7) is 2.21. The Bertz CT molecular complexity index is 1300. The Hall–Kier alpha value is -2.70. The maximum Gasteiger partial charge on any atom is 0.401 e. The average molecular weight is 717 g/mol. The molecule has 0 bridgehead atoms. The van der Waals surface area contributed by atoms with Crippen LogP contribution >= 0.6 is 0 Å². The van der Waals surface area contributed by atoms with Gasteiger partial charge >= 0.3 is 6.18 Å². The minimum Gasteiger partial charge on any atom is -0.390 e. The minimum absolute atomic E-state index is 0.00251. The first-order valence-corrected chi connectivity index (χ1v) is 18.7. The predicted octanol–water partition coefficient (Wildman–Crippen LogP) is 3.33. The summed E-state index contributed by atoms with van der Waals surface area (Å²) in [6.07, 6.45) is 4.43. The van der Waals surface area contributed by atoms with Crippen molar-refractivity contribution in [1.82, 2.24) is 19.8 Å². The number of likely N-dealkylation sites (N-methyl/N-ethyl adjacent to an activating group) is 2. The molecule has 1 fully saturated rings. The number of nitrogens with one attached hydrogen (secondary N) is 2. The van der Waals surface area contributed by atoms with Crippen LogP contribution in [0.4, 0.5) is 13.2 Å². The van der Waals surface area contributed by atoms with Crippen molar-refractivity contribution in [1.29, 1.82) is 0 Å². The summed E-state index contributed by atoms with van der Waals surface area (Å²) in [5.74, 6) is -0.510. The van der Waals surface area contributed by atoms with Gasteiger partial charge in [-0.25, -0.2) is 12.7 Å². The van der Waals surface area contributed by atoms with E-state index >= 15 is 0 Å². The molecular weight excluding hydrogens is 661 g/mol. The molecule has 2 amide bonds. The molecule has 1 aliphatic rings. The zero-order chi connectivity index (χ0) is 36.8. The molecule has 0 aliphatic heterocycles. The monoisotopic (exact) mass is 716 g/mol. The SMILES string of the molecule is C#CC[C@H](NC(=O)[C@H](Cc1ccccc1)CS(=O)(=O)N(C)CCN(C)CC(F)(F)F)C(=O)N[C@@H](CC1CCCCC1)[C@@H](O)[C@@H](O)CC(C)C. The van der Waals surface area contributed by atoms with Gasteiger partial charge in [0.1, 0.15) is 12.1 Å². The van der Waals surface area contributed by atoms with Crippen LogP contribution in [-0.2, 0) is 26.0 Å². The number of terminal acetylenes is 1. The molecule has 0 saturated heterocycles. The molecule has 2 rings (SSSR count). The van der Waals surface area contributed by atoms with Gasteiger partial charge in [-0.1, -0.05) is 76.3 Å². The third-order valence-corrected chi connectivity index (χ3v) is 10.9. The first-order valence-electron chi connectivity index (χ1n) is 17.0. The quantitative estimate of drug-likeness (QED) is 0.152. The lowest BCUT2D eigenvalue weighted by molar-refractivity contribution is -0.143. The van der Waals surface area contributed by atoms with Crippen LogP contribution in [0, 0.1) is 30.1 Å². The summed E-state index contributed by atoms with van der Waals surface area (Å²) >= 11 is 0. The van der Waals surface area contributed by atoms with Gasteiger partial charge in [0.2, 0.25) is 21.8 Å². The zero-order valence-electron chi connectivity index (χ0n) is 29.2. The van der Waals surface area contributed by atoms with Crippen LogP contribution in [0.15, 0.2) is 30.3 Å². The Morgan fingerprint density at radius 1 is 1.02 bits per heavy atom. The van der Waals surface area contributed by atoms with Gasteiger partial charge in [-0.15, -0.1) is 12.3 Å². The fourth-order valence-corrected chi connectivity index (χ4v) is 7.59. The van der Waals surface area contributed by atoms with Crippen LogP contribution in [0.5, 0.6) is 0 Å². The molecule has 0 aromatic heterocycles. The number of aliphatic hydroxyl groups excluding tert-OH is 2. The molecule has 49 heavy (non-hydrogen) atoms. The highest BCUT2D eigenvalue weighted by molar-refractivity contribution is 7.89. The number of carbonyl (C=O) groups excluding carboxylic acids is 2. The van der Waals surface area contributed by atoms with Gasteiger partial charge in [0.05, 0.1) is 30.4 Å². The van der Waals surface area contributed by atoms with Crippen LogP contribution in [0.3, 0.4) is 0 Å². The Morgan fingerprint density at radius 3 is 2.22 bits per heavy atom. The summed E-state index contributed by atoms with van der Waals surface area (Å²) in [5.41, 5.74) is 0.665. The Labute approximate surface area is 290 Å². The highest BCUT2D eigenvalue weighted by Crippen LogP contribution is 2.29. The van der Waals surface area contributed by atoms with E-state index in [9.17, 15) is 41.4 Å². The van der Waals surface area contributed by atoms with Gasteiger partial charge < -0.3 is 20.8 Å². The van der Waals surface area contributed by atoms with E-state index in [-0.39, 0.29) is 37.8 Å². The molecule has 1 aromatic carbocycles. The molecule has 10 nitrogen and oxygen atoms in total. The van der Waals surface area contributed by atoms with Gasteiger partial charge in [0.25, 0.3) is 0 Å². The van der Waals surface area contributed by atoms with Crippen LogP contribution < -0.4 is 10.6 Å². The van der Waals surface area contributed by atoms with Crippen molar-refractivity contribution < 1.29 is 41.4 Å². The lowest BCUT2D eigenvalue weighted by Crippen LogP contribution is -2.56. The predicted molar refractivity (Wildman–Crippen MR) is 184 cm³/mol. The fraction of sp³-hybridized carbons (Fsp3) is 0.714. The van der Waals surface area contributed by atoms with Gasteiger partial charge in [-0.2, -0.15) is 13.2 Å². The fourth-order valence-electron chi connectivity index (χ4n) is 6.20. The third-order valence-electron chi connectivity index (χ3n) is 8.94. The lowest BCUT2D eigenvalue weighted by atomic mass is 9.82. The number of halogens is 3. The maximum absolute atomic E-state index is 13.8. The highest BCUT2D eigenvalue weighted by atomic mass is 32.2. The van der Waals surface area contributed by atoms with Gasteiger partial charge in [0, 0.05) is 26.6 Å². The number of nitrogens with zero attached hydrogens (tertiary/aromatic N) is 2. The molecule has 1 saturated carbocycles. The number of benzene rings is 1. The number of rotatable bonds is 20. The second-order valence-electron chi connectivity index (χ2n) is 13.9. The van der Waals surface area contributed by atoms with Gasteiger partial charge in [-0.05, 0) is 43.7 Å². The number of aliphatic hydroxyl groups is 2. The number of amides is 2. The van der Waals surface area contributed by atoms with E-state index in [4.69, 9.17) is 6.42 Å².